The van der Waals surface area contributed by atoms with E-state index in [4.69, 9.17) is 0 Å². The Balaban J connectivity index is 1.08. The SMILES string of the molecule is O=C(Nc1ccc(CN2CCS(=O)(=O)CC2)cc1)c1cccc(-c2ccc(-c3cnc(C4CCCN4)[nH]3)cc2)c1. The summed E-state index contributed by atoms with van der Waals surface area (Å²) in [4.78, 5) is 23.2. The van der Waals surface area contributed by atoms with Crippen LogP contribution >= 0.6 is 0 Å². The lowest BCUT2D eigenvalue weighted by Gasteiger charge is -2.26. The van der Waals surface area contributed by atoms with Crippen molar-refractivity contribution in [3.63, 3.8) is 0 Å². The van der Waals surface area contributed by atoms with Gasteiger partial charge in [-0.1, -0.05) is 48.5 Å². The Morgan fingerprint density at radius 2 is 1.70 bits per heavy atom. The number of anilines is 1. The van der Waals surface area contributed by atoms with E-state index in [-0.39, 0.29) is 17.4 Å². The number of amides is 1. The number of H-pyrrole nitrogens is 1. The highest BCUT2D eigenvalue weighted by atomic mass is 32.2. The lowest BCUT2D eigenvalue weighted by molar-refractivity contribution is 0.102. The fourth-order valence-corrected chi connectivity index (χ4v) is 6.60. The van der Waals surface area contributed by atoms with Crippen molar-refractivity contribution in [1.29, 1.82) is 0 Å². The molecule has 9 heteroatoms. The second-order valence-corrected chi connectivity index (χ2v) is 12.9. The van der Waals surface area contributed by atoms with E-state index in [0.29, 0.717) is 31.2 Å². The normalized spacial score (nSPS) is 18.9. The highest BCUT2D eigenvalue weighted by molar-refractivity contribution is 7.91. The summed E-state index contributed by atoms with van der Waals surface area (Å²) < 4.78 is 23.3. The summed E-state index contributed by atoms with van der Waals surface area (Å²) in [6.07, 6.45) is 4.17. The van der Waals surface area contributed by atoms with Gasteiger partial charge in [0.05, 0.1) is 29.4 Å². The monoisotopic (exact) mass is 555 g/mol. The number of rotatable bonds is 7. The maximum absolute atomic E-state index is 13.0. The van der Waals surface area contributed by atoms with E-state index in [1.165, 1.54) is 6.42 Å². The third-order valence-electron chi connectivity index (χ3n) is 7.69. The molecule has 1 aromatic heterocycles. The molecule has 206 valence electrons. The van der Waals surface area contributed by atoms with Crippen LogP contribution < -0.4 is 10.6 Å². The molecule has 0 saturated carbocycles. The van der Waals surface area contributed by atoms with Gasteiger partial charge in [0.2, 0.25) is 0 Å². The van der Waals surface area contributed by atoms with Crippen LogP contribution in [0.1, 0.15) is 40.6 Å². The fourth-order valence-electron chi connectivity index (χ4n) is 5.32. The lowest BCUT2D eigenvalue weighted by atomic mass is 10.0. The molecule has 2 saturated heterocycles. The van der Waals surface area contributed by atoms with Gasteiger partial charge < -0.3 is 15.6 Å². The van der Waals surface area contributed by atoms with Gasteiger partial charge in [0.15, 0.2) is 9.84 Å². The Bertz CT molecular complexity index is 1580. The van der Waals surface area contributed by atoms with Crippen molar-refractivity contribution in [2.24, 2.45) is 0 Å². The van der Waals surface area contributed by atoms with Crippen molar-refractivity contribution in [3.8, 4) is 22.4 Å². The van der Waals surface area contributed by atoms with Crippen LogP contribution in [0.25, 0.3) is 22.4 Å². The van der Waals surface area contributed by atoms with Crippen molar-refractivity contribution in [1.82, 2.24) is 20.2 Å². The van der Waals surface area contributed by atoms with Gasteiger partial charge in [-0.25, -0.2) is 13.4 Å². The number of aromatic amines is 1. The Kier molecular flexibility index (Phi) is 7.51. The largest absolute Gasteiger partial charge is 0.341 e. The van der Waals surface area contributed by atoms with Gasteiger partial charge >= 0.3 is 0 Å². The van der Waals surface area contributed by atoms with E-state index >= 15 is 0 Å². The number of nitrogens with one attached hydrogen (secondary N) is 3. The minimum Gasteiger partial charge on any atom is -0.341 e. The first-order valence-electron chi connectivity index (χ1n) is 13.7. The van der Waals surface area contributed by atoms with E-state index in [0.717, 1.165) is 52.4 Å². The molecule has 0 aliphatic carbocycles. The minimum atomic E-state index is -2.89. The van der Waals surface area contributed by atoms with Crippen LogP contribution in [0, 0.1) is 0 Å². The van der Waals surface area contributed by atoms with Crippen molar-refractivity contribution < 1.29 is 13.2 Å². The third kappa shape index (κ3) is 6.17. The summed E-state index contributed by atoms with van der Waals surface area (Å²) in [5.41, 5.74) is 6.47. The summed E-state index contributed by atoms with van der Waals surface area (Å²) in [5.74, 6) is 1.25. The van der Waals surface area contributed by atoms with Crippen LogP contribution in [0.4, 0.5) is 5.69 Å². The Labute approximate surface area is 234 Å². The van der Waals surface area contributed by atoms with E-state index in [1.54, 1.807) is 0 Å². The Morgan fingerprint density at radius 3 is 2.42 bits per heavy atom. The van der Waals surface area contributed by atoms with Gasteiger partial charge in [0, 0.05) is 30.9 Å². The first-order valence-corrected chi connectivity index (χ1v) is 15.6. The second kappa shape index (κ2) is 11.4. The Morgan fingerprint density at radius 1 is 0.950 bits per heavy atom. The average Bonchev–Trinajstić information content (AvgIpc) is 3.68. The number of aromatic nitrogens is 2. The summed E-state index contributed by atoms with van der Waals surface area (Å²) >= 11 is 0. The van der Waals surface area contributed by atoms with Crippen LogP contribution in [-0.2, 0) is 16.4 Å². The second-order valence-electron chi connectivity index (χ2n) is 10.6. The zero-order valence-corrected chi connectivity index (χ0v) is 23.1. The zero-order valence-electron chi connectivity index (χ0n) is 22.3. The zero-order chi connectivity index (χ0) is 27.5. The maximum atomic E-state index is 13.0. The van der Waals surface area contributed by atoms with Crippen LogP contribution in [0.5, 0.6) is 0 Å². The number of sulfone groups is 1. The van der Waals surface area contributed by atoms with Crippen molar-refractivity contribution in [2.45, 2.75) is 25.4 Å². The first kappa shape index (κ1) is 26.4. The number of carbonyl (C=O) groups is 1. The molecule has 40 heavy (non-hydrogen) atoms. The van der Waals surface area contributed by atoms with Crippen molar-refractivity contribution in [2.75, 3.05) is 36.5 Å². The molecule has 3 N–H and O–H groups in total. The van der Waals surface area contributed by atoms with E-state index in [1.807, 2.05) is 54.7 Å². The standard InChI is InChI=1S/C31H33N5O3S/c37-31(34-27-12-6-22(7-13-27)21-36-15-17-40(38,39)18-16-36)26-4-1-3-25(19-26)23-8-10-24(11-9-23)29-20-33-30(35-29)28-5-2-14-32-28/h1,3-4,6-13,19-20,28,32H,2,5,14-18,21H2,(H,33,35)(H,34,37). The fraction of sp³-hybridized carbons (Fsp3) is 0.290. The van der Waals surface area contributed by atoms with Gasteiger partial charge in [-0.2, -0.15) is 0 Å². The molecule has 2 aliphatic heterocycles. The quantitative estimate of drug-likeness (QED) is 0.307. The molecule has 3 aromatic carbocycles. The molecule has 1 amide bonds. The average molecular weight is 556 g/mol. The molecule has 4 aromatic rings. The van der Waals surface area contributed by atoms with E-state index in [2.05, 4.69) is 49.8 Å². The van der Waals surface area contributed by atoms with E-state index < -0.39 is 9.84 Å². The smallest absolute Gasteiger partial charge is 0.255 e. The highest BCUT2D eigenvalue weighted by Gasteiger charge is 2.22. The first-order chi connectivity index (χ1) is 19.4. The molecule has 6 rings (SSSR count). The molecule has 1 atom stereocenters. The van der Waals surface area contributed by atoms with Gasteiger partial charge in [0.25, 0.3) is 5.91 Å². The van der Waals surface area contributed by atoms with Crippen LogP contribution in [-0.4, -0.2) is 60.3 Å². The minimum absolute atomic E-state index is 0.169. The molecule has 2 fully saturated rings. The van der Waals surface area contributed by atoms with Crippen LogP contribution in [0.15, 0.2) is 79.0 Å². The summed E-state index contributed by atoms with van der Waals surface area (Å²) in [6, 6.07) is 23.9. The molecule has 8 nitrogen and oxygen atoms in total. The van der Waals surface area contributed by atoms with Crippen molar-refractivity contribution >= 4 is 21.4 Å². The molecule has 0 radical (unpaired) electrons. The number of nitrogens with zero attached hydrogens (tertiary/aromatic N) is 2. The van der Waals surface area contributed by atoms with Crippen molar-refractivity contribution in [3.05, 3.63) is 95.9 Å². The highest BCUT2D eigenvalue weighted by Crippen LogP contribution is 2.27. The van der Waals surface area contributed by atoms with E-state index in [9.17, 15) is 13.2 Å². The van der Waals surface area contributed by atoms with Gasteiger partial charge in [0.1, 0.15) is 5.82 Å². The molecule has 1 unspecified atom stereocenters. The molecular weight excluding hydrogens is 522 g/mol. The number of benzene rings is 3. The summed E-state index contributed by atoms with van der Waals surface area (Å²) in [7, 11) is -2.89. The summed E-state index contributed by atoms with van der Waals surface area (Å²) in [5, 5.41) is 6.46. The molecule has 3 heterocycles. The number of carbonyl (C=O) groups excluding carboxylic acids is 1. The molecule has 0 spiro atoms. The predicted molar refractivity (Wildman–Crippen MR) is 158 cm³/mol. The van der Waals surface area contributed by atoms with Gasteiger partial charge in [-0.05, 0) is 65.9 Å². The number of hydrogen-bond acceptors (Lipinski definition) is 6. The topological polar surface area (TPSA) is 107 Å². The molecule has 0 bridgehead atoms. The number of hydrogen-bond donors (Lipinski definition) is 3. The van der Waals surface area contributed by atoms with Gasteiger partial charge in [-0.3, -0.25) is 9.69 Å². The molecular formula is C31H33N5O3S. The third-order valence-corrected chi connectivity index (χ3v) is 9.30. The van der Waals surface area contributed by atoms with Crippen LogP contribution in [0.3, 0.4) is 0 Å². The number of imidazole rings is 1. The lowest BCUT2D eigenvalue weighted by Crippen LogP contribution is -2.39. The van der Waals surface area contributed by atoms with Gasteiger partial charge in [-0.15, -0.1) is 0 Å². The maximum Gasteiger partial charge on any atom is 0.255 e. The summed E-state index contributed by atoms with van der Waals surface area (Å²) in [6.45, 7) is 2.85. The van der Waals surface area contributed by atoms with Crippen LogP contribution in [0.2, 0.25) is 0 Å². The Hall–Kier alpha value is -3.79. The predicted octanol–water partition coefficient (Wildman–Crippen LogP) is 4.65. The molecule has 2 aliphatic rings.